The van der Waals surface area contributed by atoms with E-state index in [1.54, 1.807) is 0 Å². The molecule has 0 N–H and O–H groups in total. The van der Waals surface area contributed by atoms with Crippen molar-refractivity contribution in [2.75, 3.05) is 20.6 Å². The molecule has 4 nitrogen and oxygen atoms in total. The van der Waals surface area contributed by atoms with Gasteiger partial charge in [0.15, 0.2) is 0 Å². The second-order valence-electron chi connectivity index (χ2n) is 5.90. The maximum Gasteiger partial charge on any atom is 0.374 e. The summed E-state index contributed by atoms with van der Waals surface area (Å²) in [5.41, 5.74) is 1.55. The van der Waals surface area contributed by atoms with E-state index in [-0.39, 0.29) is 18.0 Å². The number of benzene rings is 1. The Labute approximate surface area is 125 Å². The molecule has 0 aliphatic rings. The van der Waals surface area contributed by atoms with E-state index < -0.39 is 0 Å². The molecule has 0 amide bonds. The number of para-hydroxylation sites is 1. The fourth-order valence-corrected chi connectivity index (χ4v) is 2.43. The zero-order chi connectivity index (χ0) is 15.6. The topological polar surface area (TPSA) is 42.7 Å². The molecule has 0 saturated carbocycles. The fourth-order valence-electron chi connectivity index (χ4n) is 2.43. The van der Waals surface area contributed by atoms with E-state index in [9.17, 15) is 4.79 Å². The minimum Gasteiger partial charge on any atom is -0.456 e. The molecule has 0 radical (unpaired) electrons. The number of fused-ring (bicyclic) bond motifs is 1. The first-order valence-electron chi connectivity index (χ1n) is 7.24. The largest absolute Gasteiger partial charge is 0.456 e. The van der Waals surface area contributed by atoms with Crippen LogP contribution >= 0.6 is 0 Å². The predicted octanol–water partition coefficient (Wildman–Crippen LogP) is 3.48. The maximum atomic E-state index is 12.3. The standard InChI is InChI=1S/C17H23NO3/c1-11(10-18(4)5)13(3)20-17(19)16-12(2)14-8-6-7-9-15(14)21-16/h6-9,11,13H,10H2,1-5H3/t11-,13-/m1/s1. The second-order valence-corrected chi connectivity index (χ2v) is 5.90. The van der Waals surface area contributed by atoms with Crippen molar-refractivity contribution in [3.05, 3.63) is 35.6 Å². The summed E-state index contributed by atoms with van der Waals surface area (Å²) >= 11 is 0. The highest BCUT2D eigenvalue weighted by atomic mass is 16.6. The predicted molar refractivity (Wildman–Crippen MR) is 83.5 cm³/mol. The molecule has 114 valence electrons. The van der Waals surface area contributed by atoms with Gasteiger partial charge in [-0.3, -0.25) is 0 Å². The van der Waals surface area contributed by atoms with Crippen LogP contribution in [0.3, 0.4) is 0 Å². The van der Waals surface area contributed by atoms with Crippen molar-refractivity contribution in [3.63, 3.8) is 0 Å². The van der Waals surface area contributed by atoms with Crippen LogP contribution in [0.4, 0.5) is 0 Å². The molecule has 0 bridgehead atoms. The van der Waals surface area contributed by atoms with Gasteiger partial charge in [-0.15, -0.1) is 0 Å². The van der Waals surface area contributed by atoms with Crippen molar-refractivity contribution < 1.29 is 13.9 Å². The number of nitrogens with zero attached hydrogens (tertiary/aromatic N) is 1. The Morgan fingerprint density at radius 3 is 2.57 bits per heavy atom. The van der Waals surface area contributed by atoms with Crippen LogP contribution in [0, 0.1) is 12.8 Å². The molecule has 0 aliphatic heterocycles. The Bertz CT molecular complexity index is 630. The van der Waals surface area contributed by atoms with Crippen molar-refractivity contribution in [3.8, 4) is 0 Å². The number of hydrogen-bond acceptors (Lipinski definition) is 4. The number of aryl methyl sites for hydroxylation is 1. The van der Waals surface area contributed by atoms with Crippen molar-refractivity contribution in [1.29, 1.82) is 0 Å². The van der Waals surface area contributed by atoms with Gasteiger partial charge >= 0.3 is 5.97 Å². The van der Waals surface area contributed by atoms with Crippen molar-refractivity contribution in [2.24, 2.45) is 5.92 Å². The number of esters is 1. The summed E-state index contributed by atoms with van der Waals surface area (Å²) in [6.45, 7) is 6.75. The molecule has 2 aromatic rings. The summed E-state index contributed by atoms with van der Waals surface area (Å²) in [6, 6.07) is 7.63. The van der Waals surface area contributed by atoms with Gasteiger partial charge in [-0.05, 0) is 34.0 Å². The van der Waals surface area contributed by atoms with Gasteiger partial charge in [-0.2, -0.15) is 0 Å². The van der Waals surface area contributed by atoms with Crippen LogP contribution in [0.15, 0.2) is 28.7 Å². The van der Waals surface area contributed by atoms with E-state index in [4.69, 9.17) is 9.15 Å². The van der Waals surface area contributed by atoms with Crippen LogP contribution in [0.5, 0.6) is 0 Å². The zero-order valence-electron chi connectivity index (χ0n) is 13.3. The van der Waals surface area contributed by atoms with Crippen LogP contribution in [-0.4, -0.2) is 37.6 Å². The molecule has 0 aliphatic carbocycles. The number of carbonyl (C=O) groups excluding carboxylic acids is 1. The lowest BCUT2D eigenvalue weighted by Gasteiger charge is -2.23. The van der Waals surface area contributed by atoms with Gasteiger partial charge < -0.3 is 14.1 Å². The normalized spacial score (nSPS) is 14.4. The second kappa shape index (κ2) is 6.31. The third-order valence-corrected chi connectivity index (χ3v) is 3.78. The summed E-state index contributed by atoms with van der Waals surface area (Å²) in [6.07, 6.45) is -0.160. The minimum absolute atomic E-state index is 0.160. The third kappa shape index (κ3) is 3.45. The zero-order valence-corrected chi connectivity index (χ0v) is 13.3. The van der Waals surface area contributed by atoms with Gasteiger partial charge in [0, 0.05) is 23.4 Å². The Morgan fingerprint density at radius 2 is 1.95 bits per heavy atom. The molecular weight excluding hydrogens is 266 g/mol. The van der Waals surface area contributed by atoms with Crippen LogP contribution < -0.4 is 0 Å². The van der Waals surface area contributed by atoms with E-state index in [2.05, 4.69) is 11.8 Å². The number of carbonyl (C=O) groups is 1. The highest BCUT2D eigenvalue weighted by molar-refractivity contribution is 5.95. The van der Waals surface area contributed by atoms with Crippen molar-refractivity contribution in [1.82, 2.24) is 4.90 Å². The highest BCUT2D eigenvalue weighted by Crippen LogP contribution is 2.26. The lowest BCUT2D eigenvalue weighted by molar-refractivity contribution is 0.0155. The fraction of sp³-hybridized carbons (Fsp3) is 0.471. The molecule has 21 heavy (non-hydrogen) atoms. The number of rotatable bonds is 5. The molecule has 0 saturated heterocycles. The molecule has 1 aromatic carbocycles. The Morgan fingerprint density at radius 1 is 1.29 bits per heavy atom. The average molecular weight is 289 g/mol. The van der Waals surface area contributed by atoms with Crippen LogP contribution in [0.1, 0.15) is 30.0 Å². The Balaban J connectivity index is 2.13. The SMILES string of the molecule is Cc1c(C(=O)O[C@H](C)[C@H](C)CN(C)C)oc2ccccc12. The minimum atomic E-state index is -0.387. The molecule has 1 heterocycles. The Kier molecular flexibility index (Phi) is 4.68. The molecule has 2 rings (SSSR count). The first-order valence-corrected chi connectivity index (χ1v) is 7.24. The van der Waals surface area contributed by atoms with E-state index >= 15 is 0 Å². The monoisotopic (exact) mass is 289 g/mol. The first kappa shape index (κ1) is 15.6. The molecule has 4 heteroatoms. The van der Waals surface area contributed by atoms with Gasteiger partial charge in [0.2, 0.25) is 5.76 Å². The van der Waals surface area contributed by atoms with E-state index in [0.717, 1.165) is 23.1 Å². The van der Waals surface area contributed by atoms with Crippen molar-refractivity contribution in [2.45, 2.75) is 26.9 Å². The van der Waals surface area contributed by atoms with Gasteiger partial charge in [0.1, 0.15) is 11.7 Å². The van der Waals surface area contributed by atoms with Gasteiger partial charge in [-0.25, -0.2) is 4.79 Å². The third-order valence-electron chi connectivity index (χ3n) is 3.78. The Hall–Kier alpha value is -1.81. The maximum absolute atomic E-state index is 12.3. The van der Waals surface area contributed by atoms with Gasteiger partial charge in [-0.1, -0.05) is 25.1 Å². The summed E-state index contributed by atoms with van der Waals surface area (Å²) in [4.78, 5) is 14.4. The number of ether oxygens (including phenoxy) is 1. The summed E-state index contributed by atoms with van der Waals surface area (Å²) in [5, 5.41) is 0.957. The lowest BCUT2D eigenvalue weighted by atomic mass is 10.1. The van der Waals surface area contributed by atoms with Crippen LogP contribution in [0.2, 0.25) is 0 Å². The van der Waals surface area contributed by atoms with E-state index in [1.165, 1.54) is 0 Å². The lowest BCUT2D eigenvalue weighted by Crippen LogP contribution is -2.30. The highest BCUT2D eigenvalue weighted by Gasteiger charge is 2.23. The molecule has 0 spiro atoms. The van der Waals surface area contributed by atoms with Crippen LogP contribution in [0.25, 0.3) is 11.0 Å². The van der Waals surface area contributed by atoms with Gasteiger partial charge in [0.25, 0.3) is 0 Å². The molecular formula is C17H23NO3. The number of furan rings is 1. The van der Waals surface area contributed by atoms with Crippen LogP contribution in [-0.2, 0) is 4.74 Å². The van der Waals surface area contributed by atoms with Gasteiger partial charge in [0.05, 0.1) is 0 Å². The number of hydrogen-bond donors (Lipinski definition) is 0. The summed E-state index contributed by atoms with van der Waals surface area (Å²) < 4.78 is 11.2. The molecule has 1 aromatic heterocycles. The summed E-state index contributed by atoms with van der Waals surface area (Å²) in [7, 11) is 4.02. The average Bonchev–Trinajstić information content (AvgIpc) is 2.76. The molecule has 0 fully saturated rings. The van der Waals surface area contributed by atoms with E-state index in [1.807, 2.05) is 52.2 Å². The quantitative estimate of drug-likeness (QED) is 0.790. The smallest absolute Gasteiger partial charge is 0.374 e. The van der Waals surface area contributed by atoms with E-state index in [0.29, 0.717) is 5.76 Å². The van der Waals surface area contributed by atoms with Crippen molar-refractivity contribution >= 4 is 16.9 Å². The molecule has 2 atom stereocenters. The first-order chi connectivity index (χ1) is 9.90. The molecule has 0 unspecified atom stereocenters. The summed E-state index contributed by atoms with van der Waals surface area (Å²) in [5.74, 6) is 0.176.